The van der Waals surface area contributed by atoms with Crippen molar-refractivity contribution in [3.63, 3.8) is 0 Å². The third-order valence-corrected chi connectivity index (χ3v) is 5.48. The Kier molecular flexibility index (Phi) is 4.73. The number of hydrogen-bond acceptors (Lipinski definition) is 3. The van der Waals surface area contributed by atoms with Gasteiger partial charge in [-0.15, -0.1) is 0 Å². The number of benzene rings is 1. The summed E-state index contributed by atoms with van der Waals surface area (Å²) >= 11 is 12.5. The fourth-order valence-corrected chi connectivity index (χ4v) is 4.99. The van der Waals surface area contributed by atoms with Crippen LogP contribution in [-0.4, -0.2) is 13.4 Å². The lowest BCUT2D eigenvalue weighted by molar-refractivity contribution is 0.601. The molecule has 0 saturated heterocycles. The fourth-order valence-electron chi connectivity index (χ4n) is 1.56. The highest BCUT2D eigenvalue weighted by molar-refractivity contribution is 9.11. The van der Waals surface area contributed by atoms with Crippen molar-refractivity contribution in [1.82, 2.24) is 4.98 Å². The topological polar surface area (TPSA) is 59.1 Å². The molecule has 0 aliphatic heterocycles. The molecule has 0 atom stereocenters. The largest absolute Gasteiger partial charge is 0.277 e. The maximum absolute atomic E-state index is 12.3. The predicted molar refractivity (Wildman–Crippen MR) is 86.6 cm³/mol. The highest BCUT2D eigenvalue weighted by atomic mass is 79.9. The van der Waals surface area contributed by atoms with E-state index in [2.05, 4.69) is 41.6 Å². The first kappa shape index (κ1) is 15.8. The zero-order chi connectivity index (χ0) is 14.9. The quantitative estimate of drug-likeness (QED) is 0.721. The minimum Gasteiger partial charge on any atom is -0.277 e. The van der Waals surface area contributed by atoms with Gasteiger partial charge in [-0.25, -0.2) is 13.4 Å². The average Bonchev–Trinajstić information content (AvgIpc) is 2.34. The molecule has 1 aromatic carbocycles. The molecule has 0 spiro atoms. The number of anilines is 1. The Morgan fingerprint density at radius 2 is 1.85 bits per heavy atom. The lowest BCUT2D eigenvalue weighted by Gasteiger charge is -2.13. The van der Waals surface area contributed by atoms with Crippen LogP contribution in [0.2, 0.25) is 5.15 Å². The second-order valence-electron chi connectivity index (χ2n) is 4.00. The highest BCUT2D eigenvalue weighted by Gasteiger charge is 2.21. The number of rotatable bonds is 3. The zero-order valence-corrected chi connectivity index (χ0v) is 14.9. The van der Waals surface area contributed by atoms with Crippen molar-refractivity contribution < 1.29 is 8.42 Å². The van der Waals surface area contributed by atoms with Crippen molar-refractivity contribution >= 4 is 59.2 Å². The van der Waals surface area contributed by atoms with Crippen LogP contribution in [0.5, 0.6) is 0 Å². The molecule has 0 aliphatic rings. The van der Waals surface area contributed by atoms with Crippen LogP contribution < -0.4 is 4.72 Å². The summed E-state index contributed by atoms with van der Waals surface area (Å²) in [5.74, 6) is 0. The van der Waals surface area contributed by atoms with Gasteiger partial charge in [-0.2, -0.15) is 0 Å². The molecule has 0 fully saturated rings. The molecule has 0 aliphatic carbocycles. The molecule has 2 aromatic rings. The van der Waals surface area contributed by atoms with Crippen molar-refractivity contribution in [2.24, 2.45) is 0 Å². The standard InChI is InChI=1S/C12H9Br2ClN2O2S/c1-7-5-8(13)11(9(14)6-7)17-20(18,19)10-3-2-4-16-12(10)15/h2-6,17H,1H3. The van der Waals surface area contributed by atoms with Crippen molar-refractivity contribution in [1.29, 1.82) is 0 Å². The average molecular weight is 441 g/mol. The highest BCUT2D eigenvalue weighted by Crippen LogP contribution is 2.34. The van der Waals surface area contributed by atoms with Gasteiger partial charge in [-0.1, -0.05) is 11.6 Å². The van der Waals surface area contributed by atoms with Gasteiger partial charge in [0.15, 0.2) is 0 Å². The summed E-state index contributed by atoms with van der Waals surface area (Å²) in [5, 5.41) is -0.0700. The van der Waals surface area contributed by atoms with E-state index in [4.69, 9.17) is 11.6 Å². The molecule has 106 valence electrons. The molecule has 20 heavy (non-hydrogen) atoms. The summed E-state index contributed by atoms with van der Waals surface area (Å²) in [5.41, 5.74) is 1.40. The molecule has 2 rings (SSSR count). The maximum Gasteiger partial charge on any atom is 0.265 e. The Morgan fingerprint density at radius 3 is 2.40 bits per heavy atom. The third kappa shape index (κ3) is 3.33. The van der Waals surface area contributed by atoms with E-state index in [9.17, 15) is 8.42 Å². The van der Waals surface area contributed by atoms with Gasteiger partial charge in [-0.05, 0) is 68.6 Å². The van der Waals surface area contributed by atoms with Crippen molar-refractivity contribution in [2.45, 2.75) is 11.8 Å². The fraction of sp³-hybridized carbons (Fsp3) is 0.0833. The summed E-state index contributed by atoms with van der Waals surface area (Å²) in [4.78, 5) is 3.70. The van der Waals surface area contributed by atoms with Crippen LogP contribution in [0.25, 0.3) is 0 Å². The van der Waals surface area contributed by atoms with E-state index in [-0.39, 0.29) is 10.0 Å². The van der Waals surface area contributed by atoms with Crippen molar-refractivity contribution in [3.8, 4) is 0 Å². The van der Waals surface area contributed by atoms with Gasteiger partial charge >= 0.3 is 0 Å². The first-order valence-electron chi connectivity index (χ1n) is 5.40. The van der Waals surface area contributed by atoms with E-state index in [0.29, 0.717) is 14.6 Å². The molecule has 0 saturated carbocycles. The van der Waals surface area contributed by atoms with E-state index in [0.717, 1.165) is 5.56 Å². The van der Waals surface area contributed by atoms with E-state index < -0.39 is 10.0 Å². The lowest BCUT2D eigenvalue weighted by atomic mass is 10.2. The van der Waals surface area contributed by atoms with Crippen LogP contribution >= 0.6 is 43.5 Å². The number of hydrogen-bond donors (Lipinski definition) is 1. The van der Waals surface area contributed by atoms with E-state index >= 15 is 0 Å². The number of nitrogens with zero attached hydrogens (tertiary/aromatic N) is 1. The molecular weight excluding hydrogens is 431 g/mol. The van der Waals surface area contributed by atoms with Gasteiger partial charge in [-0.3, -0.25) is 4.72 Å². The lowest BCUT2D eigenvalue weighted by Crippen LogP contribution is -2.14. The summed E-state index contributed by atoms with van der Waals surface area (Å²) in [6, 6.07) is 6.54. The Bertz CT molecular complexity index is 743. The Morgan fingerprint density at radius 1 is 1.25 bits per heavy atom. The Balaban J connectivity index is 2.47. The molecule has 0 bridgehead atoms. The zero-order valence-electron chi connectivity index (χ0n) is 10.2. The monoisotopic (exact) mass is 438 g/mol. The predicted octanol–water partition coefficient (Wildman–Crippen LogP) is 4.37. The van der Waals surface area contributed by atoms with Crippen LogP contribution in [0.15, 0.2) is 44.3 Å². The first-order valence-corrected chi connectivity index (χ1v) is 8.85. The van der Waals surface area contributed by atoms with Crippen LogP contribution in [-0.2, 0) is 10.0 Å². The number of aromatic nitrogens is 1. The van der Waals surface area contributed by atoms with Crippen LogP contribution in [0, 0.1) is 6.92 Å². The van der Waals surface area contributed by atoms with Gasteiger partial charge in [0.1, 0.15) is 10.0 Å². The van der Waals surface area contributed by atoms with Gasteiger partial charge in [0.05, 0.1) is 5.69 Å². The second kappa shape index (κ2) is 6.01. The molecule has 8 heteroatoms. The number of halogens is 3. The number of pyridine rings is 1. The van der Waals surface area contributed by atoms with Crippen LogP contribution in [0.3, 0.4) is 0 Å². The summed E-state index contributed by atoms with van der Waals surface area (Å²) in [6.45, 7) is 1.91. The Hall–Kier alpha value is -0.630. The molecule has 1 heterocycles. The molecule has 0 amide bonds. The molecule has 4 nitrogen and oxygen atoms in total. The number of sulfonamides is 1. The van der Waals surface area contributed by atoms with E-state index in [1.807, 2.05) is 19.1 Å². The summed E-state index contributed by atoms with van der Waals surface area (Å²) in [7, 11) is -3.81. The Labute approximate surface area is 138 Å². The van der Waals surface area contributed by atoms with Crippen LogP contribution in [0.1, 0.15) is 5.56 Å². The second-order valence-corrected chi connectivity index (χ2v) is 7.72. The molecule has 0 unspecified atom stereocenters. The number of aryl methyl sites for hydroxylation is 1. The minimum absolute atomic E-state index is 0.0685. The van der Waals surface area contributed by atoms with Gasteiger partial charge < -0.3 is 0 Å². The molecule has 1 N–H and O–H groups in total. The third-order valence-electron chi connectivity index (χ3n) is 2.44. The smallest absolute Gasteiger partial charge is 0.265 e. The molecule has 0 radical (unpaired) electrons. The van der Waals surface area contributed by atoms with E-state index in [1.54, 1.807) is 0 Å². The normalized spacial score (nSPS) is 11.4. The SMILES string of the molecule is Cc1cc(Br)c(NS(=O)(=O)c2cccnc2Cl)c(Br)c1. The van der Waals surface area contributed by atoms with Crippen LogP contribution in [0.4, 0.5) is 5.69 Å². The van der Waals surface area contributed by atoms with Gasteiger partial charge in [0.2, 0.25) is 0 Å². The minimum atomic E-state index is -3.81. The van der Waals surface area contributed by atoms with Crippen molar-refractivity contribution in [3.05, 3.63) is 50.1 Å². The molecule has 1 aromatic heterocycles. The molecular formula is C12H9Br2ClN2O2S. The van der Waals surface area contributed by atoms with Crippen molar-refractivity contribution in [2.75, 3.05) is 4.72 Å². The summed E-state index contributed by atoms with van der Waals surface area (Å²) in [6.07, 6.45) is 1.43. The first-order chi connectivity index (χ1) is 9.31. The summed E-state index contributed by atoms with van der Waals surface area (Å²) < 4.78 is 28.4. The van der Waals surface area contributed by atoms with Gasteiger partial charge in [0, 0.05) is 15.1 Å². The number of nitrogens with one attached hydrogen (secondary N) is 1. The maximum atomic E-state index is 12.3. The van der Waals surface area contributed by atoms with Gasteiger partial charge in [0.25, 0.3) is 10.0 Å². The van der Waals surface area contributed by atoms with E-state index in [1.165, 1.54) is 18.3 Å².